The van der Waals surface area contributed by atoms with E-state index in [1.54, 1.807) is 6.07 Å². The average molecular weight is 239 g/mol. The SMILES string of the molecule is Nc1ncccc1S(=O)(=O)NC1CC=CC1. The second-order valence-electron chi connectivity index (χ2n) is 3.65. The van der Waals surface area contributed by atoms with Crippen molar-refractivity contribution < 1.29 is 8.42 Å². The zero-order chi connectivity index (χ0) is 11.6. The lowest BCUT2D eigenvalue weighted by Gasteiger charge is -2.13. The number of nitrogen functional groups attached to an aromatic ring is 1. The van der Waals surface area contributed by atoms with Gasteiger partial charge < -0.3 is 5.73 Å². The molecule has 0 amide bonds. The molecule has 3 N–H and O–H groups in total. The maximum Gasteiger partial charge on any atom is 0.244 e. The van der Waals surface area contributed by atoms with Crippen molar-refractivity contribution in [3.05, 3.63) is 30.5 Å². The molecule has 1 aromatic heterocycles. The second kappa shape index (κ2) is 4.23. The van der Waals surface area contributed by atoms with Gasteiger partial charge in [0.25, 0.3) is 0 Å². The van der Waals surface area contributed by atoms with Crippen LogP contribution < -0.4 is 10.5 Å². The van der Waals surface area contributed by atoms with Crippen LogP contribution in [0.3, 0.4) is 0 Å². The van der Waals surface area contributed by atoms with Gasteiger partial charge in [0, 0.05) is 12.2 Å². The highest BCUT2D eigenvalue weighted by atomic mass is 32.2. The van der Waals surface area contributed by atoms with Gasteiger partial charge >= 0.3 is 0 Å². The van der Waals surface area contributed by atoms with Crippen molar-refractivity contribution >= 4 is 15.8 Å². The third kappa shape index (κ3) is 2.23. The van der Waals surface area contributed by atoms with Gasteiger partial charge in [-0.2, -0.15) is 0 Å². The standard InChI is InChI=1S/C10H13N3O2S/c11-10-9(6-3-7-12-10)16(14,15)13-8-4-1-2-5-8/h1-3,6-8,13H,4-5H2,(H2,11,12). The Kier molecular flexibility index (Phi) is 2.93. The van der Waals surface area contributed by atoms with E-state index in [0.717, 1.165) is 12.8 Å². The second-order valence-corrected chi connectivity index (χ2v) is 5.33. The van der Waals surface area contributed by atoms with Gasteiger partial charge in [-0.05, 0) is 25.0 Å². The van der Waals surface area contributed by atoms with Crippen molar-refractivity contribution in [2.75, 3.05) is 5.73 Å². The number of hydrogen-bond donors (Lipinski definition) is 2. The van der Waals surface area contributed by atoms with E-state index in [-0.39, 0.29) is 16.8 Å². The van der Waals surface area contributed by atoms with Crippen LogP contribution >= 0.6 is 0 Å². The average Bonchev–Trinajstić information content (AvgIpc) is 2.70. The molecule has 6 heteroatoms. The number of sulfonamides is 1. The topological polar surface area (TPSA) is 85.1 Å². The number of pyridine rings is 1. The first-order chi connectivity index (χ1) is 7.59. The summed E-state index contributed by atoms with van der Waals surface area (Å²) in [5, 5.41) is 0. The Labute approximate surface area is 94.4 Å². The van der Waals surface area contributed by atoms with Gasteiger partial charge in [-0.3, -0.25) is 0 Å². The highest BCUT2D eigenvalue weighted by Gasteiger charge is 2.22. The fraction of sp³-hybridized carbons (Fsp3) is 0.300. The Morgan fingerprint density at radius 1 is 1.38 bits per heavy atom. The molecule has 5 nitrogen and oxygen atoms in total. The molecule has 0 bridgehead atoms. The van der Waals surface area contributed by atoms with Gasteiger partial charge in [0.2, 0.25) is 10.0 Å². The molecule has 0 saturated carbocycles. The largest absolute Gasteiger partial charge is 0.383 e. The minimum atomic E-state index is -3.55. The summed E-state index contributed by atoms with van der Waals surface area (Å²) in [6.07, 6.45) is 6.82. The minimum Gasteiger partial charge on any atom is -0.383 e. The Morgan fingerprint density at radius 2 is 2.06 bits per heavy atom. The third-order valence-electron chi connectivity index (χ3n) is 2.42. The summed E-state index contributed by atoms with van der Waals surface area (Å²) in [7, 11) is -3.55. The summed E-state index contributed by atoms with van der Waals surface area (Å²) in [4.78, 5) is 3.81. The molecular weight excluding hydrogens is 226 g/mol. The normalized spacial score (nSPS) is 16.8. The molecule has 1 heterocycles. The lowest BCUT2D eigenvalue weighted by molar-refractivity contribution is 0.557. The first-order valence-corrected chi connectivity index (χ1v) is 6.46. The van der Waals surface area contributed by atoms with E-state index in [1.165, 1.54) is 12.3 Å². The number of aromatic nitrogens is 1. The molecule has 0 spiro atoms. The van der Waals surface area contributed by atoms with E-state index in [2.05, 4.69) is 9.71 Å². The number of nitrogens with two attached hydrogens (primary N) is 1. The molecule has 1 aromatic rings. The predicted molar refractivity (Wildman–Crippen MR) is 61.1 cm³/mol. The van der Waals surface area contributed by atoms with E-state index in [0.29, 0.717) is 0 Å². The van der Waals surface area contributed by atoms with Gasteiger partial charge in [0.15, 0.2) is 0 Å². The fourth-order valence-corrected chi connectivity index (χ4v) is 2.97. The number of hydrogen-bond acceptors (Lipinski definition) is 4. The quantitative estimate of drug-likeness (QED) is 0.759. The van der Waals surface area contributed by atoms with Crippen molar-refractivity contribution in [1.29, 1.82) is 0 Å². The molecule has 0 atom stereocenters. The van der Waals surface area contributed by atoms with Crippen LogP contribution in [-0.4, -0.2) is 19.4 Å². The van der Waals surface area contributed by atoms with E-state index in [1.807, 2.05) is 12.2 Å². The highest BCUT2D eigenvalue weighted by molar-refractivity contribution is 7.89. The van der Waals surface area contributed by atoms with Gasteiger partial charge in [0.1, 0.15) is 10.7 Å². The van der Waals surface area contributed by atoms with Crippen LogP contribution in [0.5, 0.6) is 0 Å². The van der Waals surface area contributed by atoms with Gasteiger partial charge in [0.05, 0.1) is 0 Å². The van der Waals surface area contributed by atoms with Crippen LogP contribution in [0.2, 0.25) is 0 Å². The van der Waals surface area contributed by atoms with E-state index >= 15 is 0 Å². The van der Waals surface area contributed by atoms with Crippen LogP contribution in [0.25, 0.3) is 0 Å². The highest BCUT2D eigenvalue weighted by Crippen LogP contribution is 2.17. The first-order valence-electron chi connectivity index (χ1n) is 4.97. The van der Waals surface area contributed by atoms with Crippen molar-refractivity contribution in [3.63, 3.8) is 0 Å². The Balaban J connectivity index is 2.22. The number of rotatable bonds is 3. The van der Waals surface area contributed by atoms with Crippen molar-refractivity contribution in [1.82, 2.24) is 9.71 Å². The van der Waals surface area contributed by atoms with E-state index < -0.39 is 10.0 Å². The summed E-state index contributed by atoms with van der Waals surface area (Å²) in [6.45, 7) is 0. The molecule has 86 valence electrons. The van der Waals surface area contributed by atoms with Crippen LogP contribution in [0, 0.1) is 0 Å². The Hall–Kier alpha value is -1.40. The number of nitrogens with one attached hydrogen (secondary N) is 1. The van der Waals surface area contributed by atoms with Crippen LogP contribution in [0.1, 0.15) is 12.8 Å². The molecule has 0 aromatic carbocycles. The molecule has 0 fully saturated rings. The van der Waals surface area contributed by atoms with E-state index in [9.17, 15) is 8.42 Å². The van der Waals surface area contributed by atoms with Crippen molar-refractivity contribution in [2.24, 2.45) is 0 Å². The van der Waals surface area contributed by atoms with Crippen molar-refractivity contribution in [3.8, 4) is 0 Å². The maximum absolute atomic E-state index is 12.0. The monoisotopic (exact) mass is 239 g/mol. The summed E-state index contributed by atoms with van der Waals surface area (Å²) < 4.78 is 26.5. The summed E-state index contributed by atoms with van der Waals surface area (Å²) >= 11 is 0. The van der Waals surface area contributed by atoms with Gasteiger partial charge in [-0.1, -0.05) is 12.2 Å². The van der Waals surface area contributed by atoms with Crippen molar-refractivity contribution in [2.45, 2.75) is 23.8 Å². The first kappa shape index (κ1) is 11.1. The summed E-state index contributed by atoms with van der Waals surface area (Å²) in [5.41, 5.74) is 5.54. The molecule has 0 aliphatic heterocycles. The summed E-state index contributed by atoms with van der Waals surface area (Å²) in [5.74, 6) is 0.0287. The van der Waals surface area contributed by atoms with Gasteiger partial charge in [-0.25, -0.2) is 18.1 Å². The van der Waals surface area contributed by atoms with Gasteiger partial charge in [-0.15, -0.1) is 0 Å². The molecular formula is C10H13N3O2S. The molecule has 1 aliphatic carbocycles. The lowest BCUT2D eigenvalue weighted by Crippen LogP contribution is -2.33. The Morgan fingerprint density at radius 3 is 2.69 bits per heavy atom. The molecule has 0 radical (unpaired) electrons. The Bertz CT molecular complexity index is 503. The number of nitrogens with zero attached hydrogens (tertiary/aromatic N) is 1. The smallest absolute Gasteiger partial charge is 0.244 e. The molecule has 2 rings (SSSR count). The van der Waals surface area contributed by atoms with Crippen LogP contribution in [0.15, 0.2) is 35.4 Å². The summed E-state index contributed by atoms with van der Waals surface area (Å²) in [6, 6.07) is 2.94. The van der Waals surface area contributed by atoms with Crippen LogP contribution in [0.4, 0.5) is 5.82 Å². The fourth-order valence-electron chi connectivity index (χ4n) is 1.63. The molecule has 1 aliphatic rings. The molecule has 0 saturated heterocycles. The predicted octanol–water partition coefficient (Wildman–Crippen LogP) is 0.661. The van der Waals surface area contributed by atoms with Crippen LogP contribution in [-0.2, 0) is 10.0 Å². The third-order valence-corrected chi connectivity index (χ3v) is 3.99. The van der Waals surface area contributed by atoms with E-state index in [4.69, 9.17) is 5.73 Å². The maximum atomic E-state index is 12.0. The minimum absolute atomic E-state index is 0.0287. The zero-order valence-electron chi connectivity index (χ0n) is 8.63. The molecule has 0 unspecified atom stereocenters. The number of anilines is 1. The lowest BCUT2D eigenvalue weighted by atomic mass is 10.3. The zero-order valence-corrected chi connectivity index (χ0v) is 9.44. The molecule has 16 heavy (non-hydrogen) atoms.